The van der Waals surface area contributed by atoms with Crippen molar-refractivity contribution in [2.75, 3.05) is 23.9 Å². The number of carbonyl (C=O) groups is 1. The number of halogens is 4. The molecule has 2 N–H and O–H groups in total. The molecule has 0 aliphatic rings. The quantitative estimate of drug-likeness (QED) is 0.0523. The number of rotatable bonds is 12. The van der Waals surface area contributed by atoms with Crippen LogP contribution in [0.25, 0.3) is 78.7 Å². The standard InChI is InChI=1S/C23H16FN2.C16H11N2.C13H12FN2.C12H8F2N.C12H10N.C12H10O.C5H8O2.4Ir.Pt/c24-19-13-11-18(12-14-19)23-17-22(15-16-25-23)26(20-7-3-1-4-8-20)21-9-5-2-6-10-21;1-3-10-17-15(8-1)13-6-5-7-14(12-13)16-9-2-4-11-18-16;1-16(2)12-7-8-15-13(9-12)10-3-5-11(14)6-4-10;1-8-4-5-15-12(6-8)10-3-2-9(13)7-11(10)14;1-10-5-4-6-11(9-10)12-7-2-3-8-13-12;13-12-9-5-4-8-11(12)10-6-2-1-3-7-10;1-4(6)3-5(2)7;;;;;/h1-11,13-17H;1-11H;3,5-9H,1-2H3;2,4-7H,1H3;2-5,7-9H,1H3;1-9,13H;3,6H,1-2H3;;;;;/q5*-1;;;;;;;. The van der Waals surface area contributed by atoms with Gasteiger partial charge in [-0.25, -0.2) is 0 Å². The van der Waals surface area contributed by atoms with Crippen molar-refractivity contribution in [3.8, 4) is 84.4 Å². The molecule has 20 heteroatoms. The molecule has 6 heterocycles. The number of pyridine rings is 6. The summed E-state index contributed by atoms with van der Waals surface area (Å²) >= 11 is 0. The first kappa shape index (κ1) is 94.9. The average Bonchev–Trinajstić information content (AvgIpc) is 0.803. The second-order valence-electron chi connectivity index (χ2n) is 24.0. The SMILES string of the molecule is CC(=O)C=C(C)O.CN(C)c1ccnc(-c2[c-]cc(F)cc2)c1.Cc1cc[c-]c(-c2ccccn2)c1.Cc1ccnc(-c2[c-]cc(F)cc2F)c1.Fc1c[c-]c(-c2cc(N(c3ccccc3)c3ccccc3)ccn2)cc1.Oc1ccccc1-c1ccccc1.[Ir].[Ir].[Ir].[Ir].[Pt].[c-]1c(-c2ccccn2)cccc1-c1ccccn1. The Morgan fingerprint density at radius 1 is 0.389 bits per heavy atom. The van der Waals surface area contributed by atoms with E-state index >= 15 is 0 Å². The van der Waals surface area contributed by atoms with Crippen LogP contribution in [0.4, 0.5) is 40.3 Å². The number of anilines is 4. The molecule has 0 saturated heterocycles. The number of carbonyl (C=O) groups excluding carboxylic acids is 1. The largest absolute Gasteiger partial charge is 0.512 e. The summed E-state index contributed by atoms with van der Waals surface area (Å²) in [5.74, 6) is -1.61. The second-order valence-corrected chi connectivity index (χ2v) is 24.0. The Morgan fingerprint density at radius 3 is 1.27 bits per heavy atom. The summed E-state index contributed by atoms with van der Waals surface area (Å²) in [4.78, 5) is 39.8. The predicted octanol–water partition coefficient (Wildman–Crippen LogP) is 22.6. The molecule has 9 aromatic carbocycles. The van der Waals surface area contributed by atoms with Gasteiger partial charge in [-0.1, -0.05) is 175 Å². The number of ketones is 1. The number of nitrogens with zero attached hydrogens (tertiary/aromatic N) is 8. The van der Waals surface area contributed by atoms with E-state index in [0.717, 1.165) is 108 Å². The van der Waals surface area contributed by atoms with Crippen LogP contribution in [0.15, 0.2) is 340 Å². The van der Waals surface area contributed by atoms with E-state index in [4.69, 9.17) is 5.11 Å². The summed E-state index contributed by atoms with van der Waals surface area (Å²) in [5, 5.41) is 17.9. The number of allylic oxidation sites excluding steroid dienone is 2. The van der Waals surface area contributed by atoms with Gasteiger partial charge in [0.1, 0.15) is 5.75 Å². The molecule has 0 spiro atoms. The zero-order valence-corrected chi connectivity index (χ0v) is 73.6. The van der Waals surface area contributed by atoms with Gasteiger partial charge in [-0.15, -0.1) is 131 Å². The fraction of sp³-hybridized carbons (Fsp3) is 0.0645. The van der Waals surface area contributed by atoms with E-state index in [1.807, 2.05) is 226 Å². The van der Waals surface area contributed by atoms with E-state index in [0.29, 0.717) is 11.4 Å². The minimum Gasteiger partial charge on any atom is -0.512 e. The summed E-state index contributed by atoms with van der Waals surface area (Å²) in [6, 6.07) is 104. The van der Waals surface area contributed by atoms with Gasteiger partial charge in [0.25, 0.3) is 0 Å². The number of hydrogen-bond donors (Lipinski definition) is 2. The predicted molar refractivity (Wildman–Crippen MR) is 425 cm³/mol. The van der Waals surface area contributed by atoms with Gasteiger partial charge in [0.05, 0.1) is 5.76 Å². The van der Waals surface area contributed by atoms with E-state index < -0.39 is 11.6 Å². The third kappa shape index (κ3) is 31.2. The van der Waals surface area contributed by atoms with Gasteiger partial charge in [0.15, 0.2) is 5.78 Å². The Balaban J connectivity index is 0.000000283. The van der Waals surface area contributed by atoms with Gasteiger partial charge >= 0.3 is 0 Å². The molecule has 0 bridgehead atoms. The Kier molecular flexibility index (Phi) is 42.4. The average molecular weight is 2390 g/mol. The molecule has 0 aliphatic carbocycles. The van der Waals surface area contributed by atoms with Gasteiger partial charge < -0.3 is 39.9 Å². The molecule has 584 valence electrons. The Morgan fingerprint density at radius 2 is 0.832 bits per heavy atom. The maximum atomic E-state index is 13.4. The summed E-state index contributed by atoms with van der Waals surface area (Å²) in [5.41, 5.74) is 17.9. The minimum absolute atomic E-state index is 0. The number of aliphatic hydroxyl groups is 1. The van der Waals surface area contributed by atoms with Crippen molar-refractivity contribution in [2.45, 2.75) is 27.7 Å². The number of phenols is 1. The van der Waals surface area contributed by atoms with Crippen LogP contribution in [0.5, 0.6) is 5.75 Å². The number of aromatic nitrogens is 6. The fourth-order valence-electron chi connectivity index (χ4n) is 10.3. The van der Waals surface area contributed by atoms with Crippen molar-refractivity contribution in [2.24, 2.45) is 0 Å². The number of hydrogen-bond acceptors (Lipinski definition) is 11. The van der Waals surface area contributed by atoms with Crippen molar-refractivity contribution in [3.05, 3.63) is 405 Å². The van der Waals surface area contributed by atoms with Crippen LogP contribution in [0, 0.1) is 67.4 Å². The molecular formula is C93H75F4Ir4N8O3Pt-5. The first-order chi connectivity index (χ1) is 52.4. The molecule has 0 saturated carbocycles. The summed E-state index contributed by atoms with van der Waals surface area (Å²) in [6.07, 6.45) is 11.6. The molecule has 0 unspecified atom stereocenters. The van der Waals surface area contributed by atoms with Gasteiger partial charge in [0.2, 0.25) is 0 Å². The minimum atomic E-state index is -0.645. The monoisotopic (exact) mass is 2390 g/mol. The maximum Gasteiger partial charge on any atom is 0.155 e. The summed E-state index contributed by atoms with van der Waals surface area (Å²) in [6.45, 7) is 6.80. The van der Waals surface area contributed by atoms with E-state index in [9.17, 15) is 27.5 Å². The van der Waals surface area contributed by atoms with Gasteiger partial charge in [0, 0.05) is 222 Å². The number of para-hydroxylation sites is 3. The van der Waals surface area contributed by atoms with Crippen molar-refractivity contribution >= 4 is 28.5 Å². The molecule has 0 fully saturated rings. The van der Waals surface area contributed by atoms with Crippen LogP contribution < -0.4 is 9.80 Å². The van der Waals surface area contributed by atoms with E-state index in [2.05, 4.69) is 102 Å². The molecule has 0 amide bonds. The molecular weight excluding hydrogens is 2320 g/mol. The number of benzene rings is 9. The Labute approximate surface area is 726 Å². The van der Waals surface area contributed by atoms with Crippen LogP contribution in [0.3, 0.4) is 0 Å². The van der Waals surface area contributed by atoms with Crippen molar-refractivity contribution < 1.29 is 134 Å². The van der Waals surface area contributed by atoms with Crippen LogP contribution in [0.2, 0.25) is 0 Å². The number of aliphatic hydroxyl groups excluding tert-OH is 1. The van der Waals surface area contributed by atoms with Gasteiger partial charge in [-0.05, 0) is 116 Å². The molecule has 15 aromatic rings. The second kappa shape index (κ2) is 50.5. The normalized spacial score (nSPS) is 9.84. The molecule has 15 rings (SSSR count). The van der Waals surface area contributed by atoms with Gasteiger partial charge in [-0.2, -0.15) is 0 Å². The summed E-state index contributed by atoms with van der Waals surface area (Å²) < 4.78 is 52.0. The van der Waals surface area contributed by atoms with Crippen LogP contribution >= 0.6 is 0 Å². The summed E-state index contributed by atoms with van der Waals surface area (Å²) in [7, 11) is 3.93. The molecule has 0 aliphatic heterocycles. The van der Waals surface area contributed by atoms with E-state index in [1.165, 1.54) is 49.8 Å². The Hall–Kier alpha value is -10.5. The third-order valence-corrected chi connectivity index (χ3v) is 15.4. The first-order valence-electron chi connectivity index (χ1n) is 34.1. The topological polar surface area (TPSA) is 141 Å². The molecule has 0 atom stereocenters. The Bertz CT molecular complexity index is 5200. The van der Waals surface area contributed by atoms with Crippen molar-refractivity contribution in [1.29, 1.82) is 0 Å². The first-order valence-corrected chi connectivity index (χ1v) is 34.1. The number of phenolic OH excluding ortho intramolecular Hbond substituents is 1. The molecule has 6 aromatic heterocycles. The van der Waals surface area contributed by atoms with Crippen LogP contribution in [-0.2, 0) is 106 Å². The van der Waals surface area contributed by atoms with Crippen LogP contribution in [-0.4, -0.2) is 60.0 Å². The van der Waals surface area contributed by atoms with Gasteiger partial charge in [-0.3, -0.25) is 32.3 Å². The molecule has 113 heavy (non-hydrogen) atoms. The fourth-order valence-corrected chi connectivity index (χ4v) is 10.3. The van der Waals surface area contributed by atoms with Crippen molar-refractivity contribution in [3.63, 3.8) is 0 Å². The molecule has 4 radical (unpaired) electrons. The van der Waals surface area contributed by atoms with Crippen LogP contribution in [0.1, 0.15) is 25.0 Å². The maximum absolute atomic E-state index is 13.4. The number of aromatic hydroxyl groups is 1. The molecule has 11 nitrogen and oxygen atoms in total. The zero-order chi connectivity index (χ0) is 76.4. The van der Waals surface area contributed by atoms with E-state index in [-0.39, 0.29) is 130 Å². The van der Waals surface area contributed by atoms with E-state index in [1.54, 1.807) is 61.4 Å². The smallest absolute Gasteiger partial charge is 0.155 e. The third-order valence-electron chi connectivity index (χ3n) is 15.4. The zero-order valence-electron chi connectivity index (χ0n) is 61.8. The number of aryl methyl sites for hydroxylation is 2. The van der Waals surface area contributed by atoms with Crippen molar-refractivity contribution in [1.82, 2.24) is 29.9 Å².